The molecule has 0 aliphatic rings. The molecule has 0 radical (unpaired) electrons. The number of amides is 1. The number of carbonyl (C=O) groups excluding carboxylic acids is 1. The van der Waals surface area contributed by atoms with Crippen molar-refractivity contribution in [3.8, 4) is 11.5 Å². The van der Waals surface area contributed by atoms with Crippen molar-refractivity contribution in [2.75, 3.05) is 19.6 Å². The van der Waals surface area contributed by atoms with Gasteiger partial charge >= 0.3 is 0 Å². The number of rotatable bonds is 8. The van der Waals surface area contributed by atoms with Gasteiger partial charge in [0.1, 0.15) is 0 Å². The van der Waals surface area contributed by atoms with Crippen molar-refractivity contribution in [2.24, 2.45) is 0 Å². The van der Waals surface area contributed by atoms with E-state index in [4.69, 9.17) is 21.1 Å². The van der Waals surface area contributed by atoms with E-state index in [1.165, 1.54) is 0 Å². The lowest BCUT2D eigenvalue weighted by Gasteiger charge is -2.14. The smallest absolute Gasteiger partial charge is 0.220 e. The summed E-state index contributed by atoms with van der Waals surface area (Å²) >= 11 is 5.55. The number of hydrogen-bond acceptors (Lipinski definition) is 3. The molecule has 1 N–H and O–H groups in total. The van der Waals surface area contributed by atoms with E-state index in [0.717, 1.165) is 5.56 Å². The third-order valence-electron chi connectivity index (χ3n) is 2.58. The highest BCUT2D eigenvalue weighted by Crippen LogP contribution is 2.30. The van der Waals surface area contributed by atoms with E-state index in [1.54, 1.807) is 7.11 Å². The Hall–Kier alpha value is -1.42. The molecule has 1 rings (SSSR count). The van der Waals surface area contributed by atoms with Crippen LogP contribution in [0, 0.1) is 0 Å². The van der Waals surface area contributed by atoms with Crippen LogP contribution in [-0.2, 0) is 11.3 Å². The fourth-order valence-corrected chi connectivity index (χ4v) is 1.81. The summed E-state index contributed by atoms with van der Waals surface area (Å²) in [4.78, 5) is 11.6. The monoisotopic (exact) mass is 285 g/mol. The largest absolute Gasteiger partial charge is 0.493 e. The van der Waals surface area contributed by atoms with E-state index >= 15 is 0 Å². The maximum atomic E-state index is 11.6. The summed E-state index contributed by atoms with van der Waals surface area (Å²) in [6, 6.07) is 5.63. The Balaban J connectivity index is 2.69. The van der Waals surface area contributed by atoms with Crippen molar-refractivity contribution in [2.45, 2.75) is 26.3 Å². The molecule has 4 nitrogen and oxygen atoms in total. The van der Waals surface area contributed by atoms with Crippen LogP contribution in [0.3, 0.4) is 0 Å². The van der Waals surface area contributed by atoms with E-state index in [0.29, 0.717) is 43.4 Å². The first-order valence-corrected chi connectivity index (χ1v) is 6.87. The zero-order valence-electron chi connectivity index (χ0n) is 11.4. The zero-order chi connectivity index (χ0) is 14.1. The lowest BCUT2D eigenvalue weighted by molar-refractivity contribution is -0.121. The molecule has 0 bridgehead atoms. The number of para-hydroxylation sites is 1. The summed E-state index contributed by atoms with van der Waals surface area (Å²) in [5.74, 6) is 1.85. The minimum Gasteiger partial charge on any atom is -0.493 e. The van der Waals surface area contributed by atoms with Gasteiger partial charge in [-0.2, -0.15) is 0 Å². The molecule has 1 aromatic rings. The first kappa shape index (κ1) is 15.6. The average molecular weight is 286 g/mol. The predicted molar refractivity (Wildman–Crippen MR) is 76.0 cm³/mol. The maximum Gasteiger partial charge on any atom is 0.220 e. The van der Waals surface area contributed by atoms with E-state index in [-0.39, 0.29) is 5.91 Å². The SMILES string of the molecule is CCOc1c(CNC(=O)CCCCl)cccc1OC. The Kier molecular flexibility index (Phi) is 7.11. The Morgan fingerprint density at radius 3 is 2.84 bits per heavy atom. The van der Waals surface area contributed by atoms with Crippen LogP contribution >= 0.6 is 11.6 Å². The standard InChI is InChI=1S/C14H20ClNO3/c1-3-19-14-11(6-4-7-12(14)18-2)10-16-13(17)8-5-9-15/h4,6-7H,3,5,8-10H2,1-2H3,(H,16,17). The average Bonchev–Trinajstić information content (AvgIpc) is 2.44. The second kappa shape index (κ2) is 8.64. The lowest BCUT2D eigenvalue weighted by atomic mass is 10.1. The molecule has 1 aromatic carbocycles. The second-order valence-electron chi connectivity index (χ2n) is 3.95. The molecule has 1 amide bonds. The molecule has 0 aromatic heterocycles. The minimum absolute atomic E-state index is 0.00841. The van der Waals surface area contributed by atoms with Gasteiger partial charge in [-0.05, 0) is 19.4 Å². The number of nitrogens with one attached hydrogen (secondary N) is 1. The molecule has 106 valence electrons. The summed E-state index contributed by atoms with van der Waals surface area (Å²) in [5.41, 5.74) is 0.903. The van der Waals surface area contributed by atoms with Crippen LogP contribution in [0.25, 0.3) is 0 Å². The predicted octanol–water partition coefficient (Wildman–Crippen LogP) is 2.73. The van der Waals surface area contributed by atoms with Crippen LogP contribution < -0.4 is 14.8 Å². The number of hydrogen-bond donors (Lipinski definition) is 1. The van der Waals surface area contributed by atoms with Gasteiger partial charge in [-0.1, -0.05) is 12.1 Å². The molecule has 0 saturated carbocycles. The molecule has 0 aliphatic heterocycles. The van der Waals surface area contributed by atoms with E-state index in [1.807, 2.05) is 25.1 Å². The molecular formula is C14H20ClNO3. The number of benzene rings is 1. The van der Waals surface area contributed by atoms with Crippen LogP contribution in [-0.4, -0.2) is 25.5 Å². The van der Waals surface area contributed by atoms with Crippen molar-refractivity contribution in [3.63, 3.8) is 0 Å². The summed E-state index contributed by atoms with van der Waals surface area (Å²) in [7, 11) is 1.60. The summed E-state index contributed by atoms with van der Waals surface area (Å²) < 4.78 is 10.8. The number of carbonyl (C=O) groups is 1. The third-order valence-corrected chi connectivity index (χ3v) is 2.85. The van der Waals surface area contributed by atoms with Crippen molar-refractivity contribution in [3.05, 3.63) is 23.8 Å². The molecule has 0 atom stereocenters. The van der Waals surface area contributed by atoms with Crippen molar-refractivity contribution < 1.29 is 14.3 Å². The molecule has 5 heteroatoms. The van der Waals surface area contributed by atoms with Gasteiger partial charge in [0.25, 0.3) is 0 Å². The van der Waals surface area contributed by atoms with Crippen LogP contribution in [0.5, 0.6) is 11.5 Å². The number of methoxy groups -OCH3 is 1. The molecule has 0 aliphatic carbocycles. The van der Waals surface area contributed by atoms with Crippen LogP contribution in [0.1, 0.15) is 25.3 Å². The first-order valence-electron chi connectivity index (χ1n) is 6.34. The van der Waals surface area contributed by atoms with Gasteiger partial charge in [0.15, 0.2) is 11.5 Å². The molecule has 0 saturated heterocycles. The quantitative estimate of drug-likeness (QED) is 0.747. The molecule has 19 heavy (non-hydrogen) atoms. The lowest BCUT2D eigenvalue weighted by Crippen LogP contribution is -2.22. The molecule has 0 heterocycles. The topological polar surface area (TPSA) is 47.6 Å². The summed E-state index contributed by atoms with van der Waals surface area (Å²) in [6.07, 6.45) is 1.13. The van der Waals surface area contributed by atoms with Gasteiger partial charge in [0.2, 0.25) is 5.91 Å². The van der Waals surface area contributed by atoms with Gasteiger partial charge < -0.3 is 14.8 Å². The fourth-order valence-electron chi connectivity index (χ4n) is 1.68. The fraction of sp³-hybridized carbons (Fsp3) is 0.500. The van der Waals surface area contributed by atoms with E-state index in [2.05, 4.69) is 5.32 Å². The van der Waals surface area contributed by atoms with Gasteiger partial charge in [-0.3, -0.25) is 4.79 Å². The molecule has 0 spiro atoms. The van der Waals surface area contributed by atoms with Crippen LogP contribution in [0.2, 0.25) is 0 Å². The van der Waals surface area contributed by atoms with Crippen molar-refractivity contribution in [1.29, 1.82) is 0 Å². The highest BCUT2D eigenvalue weighted by molar-refractivity contribution is 6.17. The van der Waals surface area contributed by atoms with Crippen LogP contribution in [0.4, 0.5) is 0 Å². The zero-order valence-corrected chi connectivity index (χ0v) is 12.1. The minimum atomic E-state index is -0.00841. The summed E-state index contributed by atoms with van der Waals surface area (Å²) in [6.45, 7) is 2.89. The number of ether oxygens (including phenoxy) is 2. The van der Waals surface area contributed by atoms with E-state index in [9.17, 15) is 4.79 Å². The Morgan fingerprint density at radius 1 is 1.42 bits per heavy atom. The molecule has 0 unspecified atom stereocenters. The molecule has 0 fully saturated rings. The number of alkyl halides is 1. The highest BCUT2D eigenvalue weighted by atomic mass is 35.5. The second-order valence-corrected chi connectivity index (χ2v) is 4.33. The van der Waals surface area contributed by atoms with Gasteiger partial charge in [-0.25, -0.2) is 0 Å². The van der Waals surface area contributed by atoms with Crippen molar-refractivity contribution in [1.82, 2.24) is 5.32 Å². The maximum absolute atomic E-state index is 11.6. The Morgan fingerprint density at radius 2 is 2.21 bits per heavy atom. The summed E-state index contributed by atoms with van der Waals surface area (Å²) in [5, 5.41) is 2.85. The number of halogens is 1. The third kappa shape index (κ3) is 4.99. The first-order chi connectivity index (χ1) is 9.22. The van der Waals surface area contributed by atoms with Crippen molar-refractivity contribution >= 4 is 17.5 Å². The van der Waals surface area contributed by atoms with Gasteiger partial charge in [-0.15, -0.1) is 11.6 Å². The van der Waals surface area contributed by atoms with E-state index < -0.39 is 0 Å². The van der Waals surface area contributed by atoms with Crippen LogP contribution in [0.15, 0.2) is 18.2 Å². The Labute approximate surface area is 119 Å². The van der Waals surface area contributed by atoms with Gasteiger partial charge in [0.05, 0.1) is 13.7 Å². The molecular weight excluding hydrogens is 266 g/mol. The highest BCUT2D eigenvalue weighted by Gasteiger charge is 2.10. The van der Waals surface area contributed by atoms with Gasteiger partial charge in [0, 0.05) is 24.4 Å². The Bertz CT molecular complexity index is 410. The normalized spacial score (nSPS) is 10.1.